The van der Waals surface area contributed by atoms with Gasteiger partial charge in [-0.25, -0.2) is 12.8 Å². The predicted molar refractivity (Wildman–Crippen MR) is 128 cm³/mol. The van der Waals surface area contributed by atoms with Gasteiger partial charge in [-0.05, 0) is 47.5 Å². The number of aromatic amines is 1. The highest BCUT2D eigenvalue weighted by molar-refractivity contribution is 7.90. The van der Waals surface area contributed by atoms with Crippen LogP contribution in [-0.2, 0) is 9.84 Å². The van der Waals surface area contributed by atoms with E-state index >= 15 is 0 Å². The first kappa shape index (κ1) is 23.2. The Bertz CT molecular complexity index is 1580. The third kappa shape index (κ3) is 4.44. The molecule has 0 bridgehead atoms. The number of fused-ring (bicyclic) bond motifs is 3. The molecule has 1 aromatic heterocycles. The van der Waals surface area contributed by atoms with Gasteiger partial charge in [0.15, 0.2) is 11.6 Å². The minimum absolute atomic E-state index is 0.0563. The molecule has 0 radical (unpaired) electrons. The number of carbonyl (C=O) groups excluding carboxylic acids is 2. The van der Waals surface area contributed by atoms with Crippen LogP contribution < -0.4 is 5.73 Å². The third-order valence-electron chi connectivity index (χ3n) is 5.65. The van der Waals surface area contributed by atoms with Gasteiger partial charge in [0, 0.05) is 41.7 Å². The average Bonchev–Trinajstić information content (AvgIpc) is 3.15. The highest BCUT2D eigenvalue weighted by atomic mass is 32.2. The third-order valence-corrected chi connectivity index (χ3v) is 6.57. The fourth-order valence-corrected chi connectivity index (χ4v) is 4.42. The van der Waals surface area contributed by atoms with Gasteiger partial charge in [-0.3, -0.25) is 9.59 Å². The van der Waals surface area contributed by atoms with Crippen LogP contribution in [0.15, 0.2) is 48.5 Å². The van der Waals surface area contributed by atoms with Crippen LogP contribution in [0.25, 0.3) is 32.9 Å². The van der Waals surface area contributed by atoms with Crippen molar-refractivity contribution in [3.05, 3.63) is 65.5 Å². The molecule has 4 aromatic rings. The molecule has 0 aliphatic rings. The molecule has 0 spiro atoms. The summed E-state index contributed by atoms with van der Waals surface area (Å²) in [6, 6.07) is 12.2. The zero-order valence-electron chi connectivity index (χ0n) is 18.4. The lowest BCUT2D eigenvalue weighted by Crippen LogP contribution is -2.31. The largest absolute Gasteiger partial charge is 0.505 e. The summed E-state index contributed by atoms with van der Waals surface area (Å²) in [4.78, 5) is 29.4. The SMILES string of the molecule is CN(CCS(C)(=O)=O)C(=O)c1ccc2c(c1)[nH]c1c(C(N)=O)cc(-c3ccc(O)c(F)c3)cc12. The Morgan fingerprint density at radius 1 is 1.06 bits per heavy atom. The Hall–Kier alpha value is -3.92. The minimum Gasteiger partial charge on any atom is -0.505 e. The molecule has 34 heavy (non-hydrogen) atoms. The van der Waals surface area contributed by atoms with E-state index in [1.54, 1.807) is 24.3 Å². The molecular weight excluding hydrogens is 461 g/mol. The van der Waals surface area contributed by atoms with Gasteiger partial charge >= 0.3 is 0 Å². The van der Waals surface area contributed by atoms with Crippen molar-refractivity contribution in [3.63, 3.8) is 0 Å². The zero-order valence-corrected chi connectivity index (χ0v) is 19.2. The first-order valence-electron chi connectivity index (χ1n) is 10.3. The molecule has 0 atom stereocenters. The molecule has 8 nitrogen and oxygen atoms in total. The topological polar surface area (TPSA) is 134 Å². The van der Waals surface area contributed by atoms with Gasteiger partial charge in [-0.1, -0.05) is 12.1 Å². The summed E-state index contributed by atoms with van der Waals surface area (Å²) in [5.74, 6) is -2.45. The number of sulfone groups is 1. The summed E-state index contributed by atoms with van der Waals surface area (Å²) in [5.41, 5.74) is 8.17. The Labute approximate surface area is 194 Å². The Morgan fingerprint density at radius 2 is 1.79 bits per heavy atom. The molecule has 0 aliphatic heterocycles. The number of rotatable bonds is 6. The Kier molecular flexibility index (Phi) is 5.78. The van der Waals surface area contributed by atoms with Gasteiger partial charge in [0.25, 0.3) is 11.8 Å². The maximum absolute atomic E-state index is 13.9. The van der Waals surface area contributed by atoms with Crippen molar-refractivity contribution in [2.75, 3.05) is 25.6 Å². The second kappa shape index (κ2) is 8.45. The number of nitrogens with zero attached hydrogens (tertiary/aromatic N) is 1. The molecule has 1 heterocycles. The van der Waals surface area contributed by atoms with Gasteiger partial charge in [-0.15, -0.1) is 0 Å². The number of halogens is 1. The number of primary amides is 1. The van der Waals surface area contributed by atoms with Crippen molar-refractivity contribution in [1.82, 2.24) is 9.88 Å². The lowest BCUT2D eigenvalue weighted by molar-refractivity contribution is 0.0803. The number of aromatic nitrogens is 1. The van der Waals surface area contributed by atoms with Crippen molar-refractivity contribution in [1.29, 1.82) is 0 Å². The van der Waals surface area contributed by atoms with Crippen molar-refractivity contribution >= 4 is 43.5 Å². The number of H-pyrrole nitrogens is 1. The summed E-state index contributed by atoms with van der Waals surface area (Å²) in [6.45, 7) is 0.0563. The molecule has 10 heteroatoms. The maximum atomic E-state index is 13.9. The van der Waals surface area contributed by atoms with Crippen LogP contribution in [0.2, 0.25) is 0 Å². The Morgan fingerprint density at radius 3 is 2.44 bits per heavy atom. The van der Waals surface area contributed by atoms with E-state index in [1.807, 2.05) is 0 Å². The van der Waals surface area contributed by atoms with Gasteiger partial charge in [-0.2, -0.15) is 0 Å². The molecule has 0 unspecified atom stereocenters. The van der Waals surface area contributed by atoms with Gasteiger partial charge < -0.3 is 20.7 Å². The highest BCUT2D eigenvalue weighted by Crippen LogP contribution is 2.34. The average molecular weight is 484 g/mol. The number of hydrogen-bond acceptors (Lipinski definition) is 5. The molecule has 176 valence electrons. The van der Waals surface area contributed by atoms with E-state index in [1.165, 1.54) is 36.2 Å². The van der Waals surface area contributed by atoms with Crippen LogP contribution in [0.1, 0.15) is 20.7 Å². The number of amides is 2. The predicted octanol–water partition coefficient (Wildman–Crippen LogP) is 3.05. The molecule has 4 N–H and O–H groups in total. The molecule has 0 aliphatic carbocycles. The van der Waals surface area contributed by atoms with Gasteiger partial charge in [0.1, 0.15) is 9.84 Å². The summed E-state index contributed by atoms with van der Waals surface area (Å²) in [7, 11) is -1.69. The molecule has 3 aromatic carbocycles. The number of phenolic OH excluding ortho intramolecular Hbond substituents is 1. The molecule has 2 amide bonds. The number of carbonyl (C=O) groups is 2. The summed E-state index contributed by atoms with van der Waals surface area (Å²) >= 11 is 0. The van der Waals surface area contributed by atoms with Crippen molar-refractivity contribution in [2.45, 2.75) is 0 Å². The lowest BCUT2D eigenvalue weighted by atomic mass is 9.98. The van der Waals surface area contributed by atoms with Crippen LogP contribution in [0.4, 0.5) is 4.39 Å². The first-order valence-corrected chi connectivity index (χ1v) is 12.3. The molecule has 0 fully saturated rings. The van der Waals surface area contributed by atoms with Crippen LogP contribution >= 0.6 is 0 Å². The quantitative estimate of drug-likeness (QED) is 0.388. The van der Waals surface area contributed by atoms with E-state index in [0.29, 0.717) is 38.5 Å². The number of nitrogens with two attached hydrogens (primary N) is 1. The van der Waals surface area contributed by atoms with E-state index in [2.05, 4.69) is 4.98 Å². The van der Waals surface area contributed by atoms with Crippen molar-refractivity contribution < 1.29 is 27.5 Å². The fourth-order valence-electron chi connectivity index (χ4n) is 3.81. The Balaban J connectivity index is 1.81. The number of aromatic hydroxyl groups is 1. The van der Waals surface area contributed by atoms with E-state index in [-0.39, 0.29) is 23.8 Å². The van der Waals surface area contributed by atoms with Crippen LogP contribution in [0.5, 0.6) is 5.75 Å². The number of benzene rings is 3. The van der Waals surface area contributed by atoms with E-state index < -0.39 is 27.3 Å². The standard InChI is InChI=1S/C24H22FN3O5S/c1-28(7-8-34(2,32)33)24(31)14-3-5-16-17-9-15(13-4-6-21(29)19(25)11-13)10-18(23(26)30)22(17)27-20(16)12-14/h3-6,9-12,27,29H,7-8H2,1-2H3,(H2,26,30). The first-order chi connectivity index (χ1) is 15.9. The fraction of sp³-hybridized carbons (Fsp3) is 0.167. The zero-order chi connectivity index (χ0) is 24.8. The maximum Gasteiger partial charge on any atom is 0.253 e. The summed E-state index contributed by atoms with van der Waals surface area (Å²) < 4.78 is 36.7. The van der Waals surface area contributed by atoms with Crippen LogP contribution in [0.3, 0.4) is 0 Å². The second-order valence-electron chi connectivity index (χ2n) is 8.22. The van der Waals surface area contributed by atoms with Crippen molar-refractivity contribution in [2.24, 2.45) is 5.73 Å². The molecule has 0 saturated carbocycles. The normalized spacial score (nSPS) is 11.7. The number of nitrogens with one attached hydrogen (secondary N) is 1. The monoisotopic (exact) mass is 483 g/mol. The molecule has 4 rings (SSSR count). The molecular formula is C24H22FN3O5S. The minimum atomic E-state index is -3.21. The van der Waals surface area contributed by atoms with Gasteiger partial charge in [0.2, 0.25) is 0 Å². The summed E-state index contributed by atoms with van der Waals surface area (Å²) in [5, 5.41) is 10.9. The number of hydrogen-bond donors (Lipinski definition) is 3. The second-order valence-corrected chi connectivity index (χ2v) is 10.5. The van der Waals surface area contributed by atoms with E-state index in [4.69, 9.17) is 5.73 Å². The number of phenols is 1. The smallest absolute Gasteiger partial charge is 0.253 e. The highest BCUT2D eigenvalue weighted by Gasteiger charge is 2.18. The van der Waals surface area contributed by atoms with Crippen LogP contribution in [0, 0.1) is 5.82 Å². The summed E-state index contributed by atoms with van der Waals surface area (Å²) in [6.07, 6.45) is 1.11. The molecule has 0 saturated heterocycles. The van der Waals surface area contributed by atoms with E-state index in [0.717, 1.165) is 6.26 Å². The van der Waals surface area contributed by atoms with Gasteiger partial charge in [0.05, 0.1) is 16.8 Å². The van der Waals surface area contributed by atoms with Crippen molar-refractivity contribution in [3.8, 4) is 16.9 Å². The van der Waals surface area contributed by atoms with E-state index in [9.17, 15) is 27.5 Å². The van der Waals surface area contributed by atoms with Crippen LogP contribution in [-0.4, -0.2) is 60.8 Å². The lowest BCUT2D eigenvalue weighted by Gasteiger charge is -2.16.